The van der Waals surface area contributed by atoms with Crippen LogP contribution in [0.5, 0.6) is 0 Å². The van der Waals surface area contributed by atoms with Crippen molar-refractivity contribution in [2.24, 2.45) is 5.10 Å². The van der Waals surface area contributed by atoms with Gasteiger partial charge < -0.3 is 4.57 Å². The monoisotopic (exact) mass is 342 g/mol. The molecule has 0 aliphatic carbocycles. The van der Waals surface area contributed by atoms with Crippen LogP contribution in [0.4, 0.5) is 5.95 Å². The number of imidazole rings is 1. The molecule has 0 saturated heterocycles. The summed E-state index contributed by atoms with van der Waals surface area (Å²) in [6, 6.07) is 16.1. The standard InChI is InChI=1S/C16H15BrN4/c1-2-21-15-6-4-3-5-14(15)19-16(21)20-18-11-12-7-9-13(17)10-8-12/h3-11H,2H2,1H3,(H,19,20)/b18-11-. The Morgan fingerprint density at radius 3 is 2.71 bits per heavy atom. The number of halogens is 1. The summed E-state index contributed by atoms with van der Waals surface area (Å²) < 4.78 is 3.16. The first-order chi connectivity index (χ1) is 10.3. The van der Waals surface area contributed by atoms with Crippen LogP contribution < -0.4 is 5.43 Å². The number of hydrogen-bond donors (Lipinski definition) is 1. The number of anilines is 1. The number of benzene rings is 2. The second-order valence-corrected chi connectivity index (χ2v) is 5.51. The molecule has 2 aromatic carbocycles. The molecule has 0 spiro atoms. The van der Waals surface area contributed by atoms with Crippen LogP contribution in [0.25, 0.3) is 11.0 Å². The lowest BCUT2D eigenvalue weighted by molar-refractivity contribution is 0.791. The first-order valence-corrected chi connectivity index (χ1v) is 7.57. The molecule has 0 aliphatic rings. The van der Waals surface area contributed by atoms with Crippen molar-refractivity contribution in [1.82, 2.24) is 9.55 Å². The molecular formula is C16H15BrN4. The van der Waals surface area contributed by atoms with Gasteiger partial charge in [-0.15, -0.1) is 0 Å². The molecule has 0 fully saturated rings. The van der Waals surface area contributed by atoms with Crippen molar-refractivity contribution in [2.75, 3.05) is 5.43 Å². The molecule has 1 heterocycles. The molecule has 1 aromatic heterocycles. The summed E-state index contributed by atoms with van der Waals surface area (Å²) in [6.45, 7) is 2.94. The Bertz CT molecular complexity index is 775. The van der Waals surface area contributed by atoms with E-state index in [-0.39, 0.29) is 0 Å². The normalized spacial score (nSPS) is 11.3. The zero-order valence-corrected chi connectivity index (χ0v) is 13.2. The van der Waals surface area contributed by atoms with Gasteiger partial charge in [0.05, 0.1) is 17.2 Å². The van der Waals surface area contributed by atoms with E-state index < -0.39 is 0 Å². The van der Waals surface area contributed by atoms with Crippen LogP contribution in [-0.2, 0) is 6.54 Å². The molecule has 0 radical (unpaired) electrons. The topological polar surface area (TPSA) is 42.2 Å². The number of aromatic nitrogens is 2. The zero-order chi connectivity index (χ0) is 14.7. The summed E-state index contributed by atoms with van der Waals surface area (Å²) in [5.41, 5.74) is 6.14. The third-order valence-corrected chi connectivity index (χ3v) is 3.75. The SMILES string of the molecule is CCn1c(N/N=C\c2ccc(Br)cc2)nc2ccccc21. The van der Waals surface area contributed by atoms with Gasteiger partial charge in [-0.3, -0.25) is 0 Å². The highest BCUT2D eigenvalue weighted by atomic mass is 79.9. The van der Waals surface area contributed by atoms with Gasteiger partial charge in [0.2, 0.25) is 5.95 Å². The molecule has 5 heteroatoms. The minimum Gasteiger partial charge on any atom is -0.309 e. The molecular weight excluding hydrogens is 328 g/mol. The van der Waals surface area contributed by atoms with Gasteiger partial charge in [-0.1, -0.05) is 40.2 Å². The van der Waals surface area contributed by atoms with Crippen molar-refractivity contribution < 1.29 is 0 Å². The molecule has 0 saturated carbocycles. The van der Waals surface area contributed by atoms with Gasteiger partial charge >= 0.3 is 0 Å². The van der Waals surface area contributed by atoms with Crippen molar-refractivity contribution >= 4 is 39.1 Å². The van der Waals surface area contributed by atoms with E-state index in [1.54, 1.807) is 6.21 Å². The molecule has 106 valence electrons. The quantitative estimate of drug-likeness (QED) is 0.568. The Morgan fingerprint density at radius 1 is 1.19 bits per heavy atom. The van der Waals surface area contributed by atoms with Crippen LogP contribution >= 0.6 is 15.9 Å². The highest BCUT2D eigenvalue weighted by molar-refractivity contribution is 9.10. The number of hydrazone groups is 1. The van der Waals surface area contributed by atoms with Crippen molar-refractivity contribution in [3.63, 3.8) is 0 Å². The first-order valence-electron chi connectivity index (χ1n) is 6.78. The van der Waals surface area contributed by atoms with Gasteiger partial charge in [0.15, 0.2) is 0 Å². The maximum atomic E-state index is 4.56. The maximum Gasteiger partial charge on any atom is 0.224 e. The molecule has 1 N–H and O–H groups in total. The van der Waals surface area contributed by atoms with Crippen LogP contribution in [0.2, 0.25) is 0 Å². The highest BCUT2D eigenvalue weighted by Crippen LogP contribution is 2.19. The fourth-order valence-corrected chi connectivity index (χ4v) is 2.46. The summed E-state index contributed by atoms with van der Waals surface area (Å²) in [6.07, 6.45) is 1.78. The van der Waals surface area contributed by atoms with Crippen LogP contribution in [0.15, 0.2) is 58.1 Å². The lowest BCUT2D eigenvalue weighted by Crippen LogP contribution is -2.01. The van der Waals surface area contributed by atoms with Crippen LogP contribution in [-0.4, -0.2) is 15.8 Å². The Balaban J connectivity index is 1.83. The number of aryl methyl sites for hydroxylation is 1. The average molecular weight is 343 g/mol. The van der Waals surface area contributed by atoms with Crippen molar-refractivity contribution in [1.29, 1.82) is 0 Å². The van der Waals surface area contributed by atoms with E-state index >= 15 is 0 Å². The third kappa shape index (κ3) is 2.97. The molecule has 3 rings (SSSR count). The second-order valence-electron chi connectivity index (χ2n) is 4.59. The number of nitrogens with zero attached hydrogens (tertiary/aromatic N) is 3. The first kappa shape index (κ1) is 13.8. The summed E-state index contributed by atoms with van der Waals surface area (Å²) in [4.78, 5) is 4.56. The second kappa shape index (κ2) is 6.10. The summed E-state index contributed by atoms with van der Waals surface area (Å²) >= 11 is 3.42. The molecule has 0 aliphatic heterocycles. The van der Waals surface area contributed by atoms with E-state index in [1.165, 1.54) is 0 Å². The number of fused-ring (bicyclic) bond motifs is 1. The summed E-state index contributed by atoms with van der Waals surface area (Å²) in [5, 5.41) is 4.27. The molecule has 0 bridgehead atoms. The molecule has 0 unspecified atom stereocenters. The van der Waals surface area contributed by atoms with E-state index in [0.29, 0.717) is 0 Å². The summed E-state index contributed by atoms with van der Waals surface area (Å²) in [7, 11) is 0. The van der Waals surface area contributed by atoms with E-state index in [0.717, 1.165) is 33.6 Å². The number of rotatable bonds is 4. The summed E-state index contributed by atoms with van der Waals surface area (Å²) in [5.74, 6) is 0.757. The van der Waals surface area contributed by atoms with Crippen LogP contribution in [0.3, 0.4) is 0 Å². The van der Waals surface area contributed by atoms with Gasteiger partial charge in [0.1, 0.15) is 0 Å². The highest BCUT2D eigenvalue weighted by Gasteiger charge is 2.07. The van der Waals surface area contributed by atoms with Crippen LogP contribution in [0, 0.1) is 0 Å². The van der Waals surface area contributed by atoms with Gasteiger partial charge in [0, 0.05) is 11.0 Å². The van der Waals surface area contributed by atoms with E-state index in [4.69, 9.17) is 0 Å². The average Bonchev–Trinajstić information content (AvgIpc) is 2.86. The fraction of sp³-hybridized carbons (Fsp3) is 0.125. The predicted octanol–water partition coefficient (Wildman–Crippen LogP) is 4.26. The van der Waals surface area contributed by atoms with E-state index in [1.807, 2.05) is 42.5 Å². The number of hydrogen-bond acceptors (Lipinski definition) is 3. The van der Waals surface area contributed by atoms with E-state index in [2.05, 4.69) is 49.0 Å². The van der Waals surface area contributed by atoms with Gasteiger partial charge in [-0.25, -0.2) is 10.4 Å². The fourth-order valence-electron chi connectivity index (χ4n) is 2.19. The Hall–Kier alpha value is -2.14. The molecule has 3 aromatic rings. The Labute approximate surface area is 131 Å². The minimum absolute atomic E-state index is 0.757. The minimum atomic E-state index is 0.757. The molecule has 21 heavy (non-hydrogen) atoms. The smallest absolute Gasteiger partial charge is 0.224 e. The molecule has 0 atom stereocenters. The number of nitrogens with one attached hydrogen (secondary N) is 1. The Kier molecular flexibility index (Phi) is 4.01. The van der Waals surface area contributed by atoms with Gasteiger partial charge in [0.25, 0.3) is 0 Å². The zero-order valence-electron chi connectivity index (χ0n) is 11.6. The Morgan fingerprint density at radius 2 is 1.95 bits per heavy atom. The largest absolute Gasteiger partial charge is 0.309 e. The van der Waals surface area contributed by atoms with E-state index in [9.17, 15) is 0 Å². The van der Waals surface area contributed by atoms with Crippen molar-refractivity contribution in [2.45, 2.75) is 13.5 Å². The van der Waals surface area contributed by atoms with Crippen molar-refractivity contribution in [3.05, 3.63) is 58.6 Å². The number of para-hydroxylation sites is 2. The molecule has 4 nitrogen and oxygen atoms in total. The van der Waals surface area contributed by atoms with Crippen LogP contribution in [0.1, 0.15) is 12.5 Å². The maximum absolute atomic E-state index is 4.56. The van der Waals surface area contributed by atoms with Gasteiger partial charge in [-0.2, -0.15) is 5.10 Å². The lowest BCUT2D eigenvalue weighted by Gasteiger charge is -2.04. The van der Waals surface area contributed by atoms with Crippen molar-refractivity contribution in [3.8, 4) is 0 Å². The molecule has 0 amide bonds. The van der Waals surface area contributed by atoms with Gasteiger partial charge in [-0.05, 0) is 36.8 Å². The lowest BCUT2D eigenvalue weighted by atomic mass is 10.2. The third-order valence-electron chi connectivity index (χ3n) is 3.22. The predicted molar refractivity (Wildman–Crippen MR) is 90.8 cm³/mol.